The summed E-state index contributed by atoms with van der Waals surface area (Å²) in [5, 5.41) is 7.64. The van der Waals surface area contributed by atoms with Crippen molar-refractivity contribution in [3.63, 3.8) is 0 Å². The summed E-state index contributed by atoms with van der Waals surface area (Å²) in [5.41, 5.74) is -0.311. The molecule has 6 nitrogen and oxygen atoms in total. The number of aryl methyl sites for hydroxylation is 1. The minimum atomic E-state index is -4.69. The van der Waals surface area contributed by atoms with Crippen LogP contribution in [0.2, 0.25) is 0 Å². The van der Waals surface area contributed by atoms with Crippen LogP contribution in [0.3, 0.4) is 0 Å². The molecule has 0 bridgehead atoms. The second kappa shape index (κ2) is 8.64. The van der Waals surface area contributed by atoms with E-state index >= 15 is 0 Å². The molecule has 9 heteroatoms. The van der Waals surface area contributed by atoms with Gasteiger partial charge in [-0.05, 0) is 49.1 Å². The molecule has 0 spiro atoms. The van der Waals surface area contributed by atoms with Crippen LogP contribution in [0.1, 0.15) is 59.5 Å². The van der Waals surface area contributed by atoms with Crippen LogP contribution in [0, 0.1) is 6.92 Å². The number of aromatic amines is 1. The number of nitrogens with zero attached hydrogens (tertiary/aromatic N) is 1. The van der Waals surface area contributed by atoms with Gasteiger partial charge in [0, 0.05) is 0 Å². The molecule has 0 fully saturated rings. The number of carbonyl (C=O) groups excluding carboxylic acids is 1. The van der Waals surface area contributed by atoms with E-state index in [1.807, 2.05) is 24.3 Å². The third-order valence-electron chi connectivity index (χ3n) is 4.78. The van der Waals surface area contributed by atoms with Gasteiger partial charge in [-0.2, -0.15) is 18.3 Å². The maximum atomic E-state index is 13.0. The van der Waals surface area contributed by atoms with Gasteiger partial charge >= 0.3 is 6.18 Å². The Morgan fingerprint density at radius 2 is 1.93 bits per heavy atom. The van der Waals surface area contributed by atoms with Crippen molar-refractivity contribution in [2.24, 2.45) is 0 Å². The highest BCUT2D eigenvalue weighted by molar-refractivity contribution is 6.03. The van der Waals surface area contributed by atoms with Gasteiger partial charge < -0.3 is 14.5 Å². The smallest absolute Gasteiger partial charge is 0.437 e. The number of aromatic nitrogens is 2. The molecule has 0 aliphatic heterocycles. The van der Waals surface area contributed by atoms with E-state index in [1.165, 1.54) is 24.6 Å². The van der Waals surface area contributed by atoms with E-state index in [-0.39, 0.29) is 18.1 Å². The number of halogens is 3. The summed E-state index contributed by atoms with van der Waals surface area (Å²) in [7, 11) is 0. The van der Waals surface area contributed by atoms with Crippen LogP contribution < -0.4 is 10.1 Å². The van der Waals surface area contributed by atoms with Gasteiger partial charge in [0.05, 0.1) is 11.4 Å². The van der Waals surface area contributed by atoms with Crippen LogP contribution in [-0.4, -0.2) is 16.1 Å². The zero-order chi connectivity index (χ0) is 21.9. The molecule has 1 unspecified atom stereocenters. The second-order valence-corrected chi connectivity index (χ2v) is 6.96. The number of furan rings is 1. The van der Waals surface area contributed by atoms with Gasteiger partial charge in [-0.1, -0.05) is 26.0 Å². The van der Waals surface area contributed by atoms with Gasteiger partial charge in [-0.15, -0.1) is 0 Å². The van der Waals surface area contributed by atoms with Crippen molar-refractivity contribution in [1.29, 1.82) is 0 Å². The van der Waals surface area contributed by atoms with Crippen molar-refractivity contribution in [1.82, 2.24) is 10.2 Å². The first-order valence-electron chi connectivity index (χ1n) is 9.44. The average molecular weight is 421 g/mol. The molecular weight excluding hydrogens is 399 g/mol. The summed E-state index contributed by atoms with van der Waals surface area (Å²) >= 11 is 0. The number of alkyl halides is 3. The van der Waals surface area contributed by atoms with Gasteiger partial charge in [-0.25, -0.2) is 0 Å². The number of H-pyrrole nitrogens is 1. The van der Waals surface area contributed by atoms with Crippen molar-refractivity contribution in [2.75, 3.05) is 5.32 Å². The fourth-order valence-corrected chi connectivity index (χ4v) is 2.82. The molecule has 30 heavy (non-hydrogen) atoms. The first-order valence-corrected chi connectivity index (χ1v) is 9.44. The zero-order valence-electron chi connectivity index (χ0n) is 16.8. The quantitative estimate of drug-likeness (QED) is 0.515. The van der Waals surface area contributed by atoms with Crippen molar-refractivity contribution < 1.29 is 27.1 Å². The summed E-state index contributed by atoms with van der Waals surface area (Å²) in [6.45, 7) is 5.73. The van der Waals surface area contributed by atoms with Crippen molar-refractivity contribution >= 4 is 11.6 Å². The van der Waals surface area contributed by atoms with E-state index in [4.69, 9.17) is 9.15 Å². The molecule has 160 valence electrons. The molecule has 3 rings (SSSR count). The second-order valence-electron chi connectivity index (χ2n) is 6.96. The van der Waals surface area contributed by atoms with Crippen molar-refractivity contribution in [2.45, 2.75) is 45.9 Å². The SMILES string of the molecule is CCC(C)c1ccc(OCc2ccc(C(=O)Nc3c(C(F)(F)F)n[nH]c3C)o2)cc1. The standard InChI is InChI=1S/C21H22F3N3O3/c1-4-12(2)14-5-7-15(8-6-14)29-11-16-9-10-17(30-16)20(28)25-18-13(3)26-27-19(18)21(22,23)24/h5-10,12H,4,11H2,1-3H3,(H,25,28)(H,26,27). The molecule has 1 amide bonds. The maximum Gasteiger partial charge on any atom is 0.437 e. The highest BCUT2D eigenvalue weighted by Gasteiger charge is 2.38. The fourth-order valence-electron chi connectivity index (χ4n) is 2.82. The largest absolute Gasteiger partial charge is 0.486 e. The molecule has 0 radical (unpaired) electrons. The lowest BCUT2D eigenvalue weighted by molar-refractivity contribution is -0.140. The molecule has 2 aromatic heterocycles. The Bertz CT molecular complexity index is 1010. The van der Waals surface area contributed by atoms with Crippen LogP contribution in [0.4, 0.5) is 18.9 Å². The lowest BCUT2D eigenvalue weighted by Gasteiger charge is -2.10. The predicted octanol–water partition coefficient (Wildman–Crippen LogP) is 5.67. The highest BCUT2D eigenvalue weighted by Crippen LogP contribution is 2.35. The van der Waals surface area contributed by atoms with Crippen LogP contribution in [0.25, 0.3) is 0 Å². The molecule has 3 aromatic rings. The molecular formula is C21H22F3N3O3. The van der Waals surface area contributed by atoms with Crippen molar-refractivity contribution in [3.05, 3.63) is 64.9 Å². The van der Waals surface area contributed by atoms with Gasteiger partial charge in [0.2, 0.25) is 0 Å². The maximum absolute atomic E-state index is 13.0. The van der Waals surface area contributed by atoms with E-state index in [1.54, 1.807) is 0 Å². The first kappa shape index (κ1) is 21.5. The molecule has 2 heterocycles. The van der Waals surface area contributed by atoms with Crippen LogP contribution in [-0.2, 0) is 12.8 Å². The fraction of sp³-hybridized carbons (Fsp3) is 0.333. The van der Waals surface area contributed by atoms with Gasteiger partial charge in [-0.3, -0.25) is 9.89 Å². The Kier molecular flexibility index (Phi) is 6.19. The monoisotopic (exact) mass is 421 g/mol. The number of rotatable bonds is 7. The van der Waals surface area contributed by atoms with Gasteiger partial charge in [0.1, 0.15) is 18.1 Å². The number of hydrogen-bond donors (Lipinski definition) is 2. The molecule has 2 N–H and O–H groups in total. The summed E-state index contributed by atoms with van der Waals surface area (Å²) in [6.07, 6.45) is -3.65. The Labute approximate surface area is 171 Å². The Morgan fingerprint density at radius 1 is 1.23 bits per heavy atom. The van der Waals surface area contributed by atoms with E-state index in [0.717, 1.165) is 6.42 Å². The minimum absolute atomic E-state index is 0.0779. The average Bonchev–Trinajstić information content (AvgIpc) is 3.33. The van der Waals surface area contributed by atoms with Gasteiger partial charge in [0.25, 0.3) is 5.91 Å². The lowest BCUT2D eigenvalue weighted by Crippen LogP contribution is -2.16. The molecule has 1 atom stereocenters. The van der Waals surface area contributed by atoms with Crippen LogP contribution >= 0.6 is 0 Å². The summed E-state index contributed by atoms with van der Waals surface area (Å²) in [5.74, 6) is 0.532. The third-order valence-corrected chi connectivity index (χ3v) is 4.78. The third kappa shape index (κ3) is 4.84. The van der Waals surface area contributed by atoms with E-state index in [0.29, 0.717) is 17.4 Å². The highest BCUT2D eigenvalue weighted by atomic mass is 19.4. The predicted molar refractivity (Wildman–Crippen MR) is 104 cm³/mol. The topological polar surface area (TPSA) is 80.1 Å². The summed E-state index contributed by atoms with van der Waals surface area (Å²) in [4.78, 5) is 12.3. The number of nitrogens with one attached hydrogen (secondary N) is 2. The number of anilines is 1. The van der Waals surface area contributed by atoms with Crippen LogP contribution in [0.5, 0.6) is 5.75 Å². The number of amides is 1. The van der Waals surface area contributed by atoms with Gasteiger partial charge in [0.15, 0.2) is 11.5 Å². The summed E-state index contributed by atoms with van der Waals surface area (Å²) in [6, 6.07) is 10.6. The number of ether oxygens (including phenoxy) is 1. The molecule has 0 saturated heterocycles. The van der Waals surface area contributed by atoms with E-state index in [9.17, 15) is 18.0 Å². The van der Waals surface area contributed by atoms with E-state index in [2.05, 4.69) is 29.4 Å². The Morgan fingerprint density at radius 3 is 2.57 bits per heavy atom. The Balaban J connectivity index is 1.63. The minimum Gasteiger partial charge on any atom is -0.486 e. The summed E-state index contributed by atoms with van der Waals surface area (Å²) < 4.78 is 50.1. The number of carbonyl (C=O) groups is 1. The Hall–Kier alpha value is -3.23. The molecule has 0 saturated carbocycles. The van der Waals surface area contributed by atoms with Crippen molar-refractivity contribution in [3.8, 4) is 5.75 Å². The molecule has 0 aliphatic rings. The van der Waals surface area contributed by atoms with Crippen LogP contribution in [0.15, 0.2) is 40.8 Å². The van der Waals surface area contributed by atoms with E-state index < -0.39 is 23.5 Å². The first-order chi connectivity index (χ1) is 14.2. The molecule has 0 aliphatic carbocycles. The zero-order valence-corrected chi connectivity index (χ0v) is 16.8. The normalized spacial score (nSPS) is 12.6. The molecule has 1 aromatic carbocycles. The number of benzene rings is 1. The lowest BCUT2D eigenvalue weighted by atomic mass is 9.99. The number of hydrogen-bond acceptors (Lipinski definition) is 4.